The van der Waals surface area contributed by atoms with Gasteiger partial charge in [-0.2, -0.15) is 8.42 Å². The van der Waals surface area contributed by atoms with Crippen LogP contribution in [0.5, 0.6) is 0 Å². The normalized spacial score (nSPS) is 37.7. The molecular formula is C20H33NO8S2. The van der Waals surface area contributed by atoms with E-state index in [9.17, 15) is 17.8 Å². The third-order valence-electron chi connectivity index (χ3n) is 7.85. The van der Waals surface area contributed by atoms with Crippen LogP contribution in [0, 0.1) is 23.2 Å². The molecular weight excluding hydrogens is 446 g/mol. The van der Waals surface area contributed by atoms with Gasteiger partial charge in [-0.05, 0) is 63.2 Å². The SMILES string of the molecule is CC1=NC2CCC3C(SOOO)CC(S(=O)(=O)O)CC3C2C1(C)CCCCCC(=O)O. The van der Waals surface area contributed by atoms with Gasteiger partial charge < -0.3 is 5.11 Å². The number of fused-ring (bicyclic) bond motifs is 3. The standard InChI is InChI=1S/C20H33NO8S2/c1-12-20(2,9-5-3-4-6-18(22)23)19-15-10-13(31(25,26)27)11-17(30-29-28-24)14(15)7-8-16(19)21-12/h13-17,19,24H,3-11H2,1-2H3,(H,22,23)(H,25,26,27). The maximum atomic E-state index is 12.0. The number of nitrogens with zero attached hydrogens (tertiary/aromatic N) is 1. The molecule has 0 aromatic rings. The molecule has 2 saturated carbocycles. The van der Waals surface area contributed by atoms with Crippen LogP contribution >= 0.6 is 12.0 Å². The van der Waals surface area contributed by atoms with Gasteiger partial charge in [-0.1, -0.05) is 24.8 Å². The summed E-state index contributed by atoms with van der Waals surface area (Å²) in [4.78, 5) is 15.7. The van der Waals surface area contributed by atoms with Crippen LogP contribution in [0.15, 0.2) is 4.99 Å². The highest BCUT2D eigenvalue weighted by molar-refractivity contribution is 7.95. The first-order chi connectivity index (χ1) is 14.6. The highest BCUT2D eigenvalue weighted by atomic mass is 32.2. The predicted octanol–water partition coefficient (Wildman–Crippen LogP) is 4.00. The monoisotopic (exact) mass is 479 g/mol. The molecule has 0 spiro atoms. The minimum absolute atomic E-state index is 0.0458. The Hall–Kier alpha value is -0.720. The molecule has 0 radical (unpaired) electrons. The Labute approximate surface area is 187 Å². The van der Waals surface area contributed by atoms with Crippen LogP contribution in [0.25, 0.3) is 0 Å². The summed E-state index contributed by atoms with van der Waals surface area (Å²) in [5, 5.41) is 20.1. The van der Waals surface area contributed by atoms with Crippen molar-refractivity contribution >= 4 is 33.8 Å². The zero-order valence-corrected chi connectivity index (χ0v) is 19.6. The number of hydrogen-bond donors (Lipinski definition) is 3. The van der Waals surface area contributed by atoms with Crippen LogP contribution in [-0.2, 0) is 24.3 Å². The van der Waals surface area contributed by atoms with Gasteiger partial charge in [0.15, 0.2) is 0 Å². The van der Waals surface area contributed by atoms with Crippen molar-refractivity contribution in [1.82, 2.24) is 0 Å². The Balaban J connectivity index is 1.80. The molecule has 3 N–H and O–H groups in total. The summed E-state index contributed by atoms with van der Waals surface area (Å²) < 4.78 is 38.6. The summed E-state index contributed by atoms with van der Waals surface area (Å²) >= 11 is 0.924. The number of aliphatic carboxylic acids is 1. The molecule has 2 aliphatic carbocycles. The molecule has 0 saturated heterocycles. The van der Waals surface area contributed by atoms with Gasteiger partial charge in [0.1, 0.15) is 0 Å². The van der Waals surface area contributed by atoms with Crippen molar-refractivity contribution in [2.45, 2.75) is 88.2 Å². The summed E-state index contributed by atoms with van der Waals surface area (Å²) in [6.07, 6.45) is 5.82. The Morgan fingerprint density at radius 3 is 2.61 bits per heavy atom. The molecule has 0 aromatic heterocycles. The van der Waals surface area contributed by atoms with Crippen LogP contribution in [0.2, 0.25) is 0 Å². The third kappa shape index (κ3) is 5.44. The van der Waals surface area contributed by atoms with Crippen LogP contribution in [0.3, 0.4) is 0 Å². The van der Waals surface area contributed by atoms with Gasteiger partial charge in [0.25, 0.3) is 10.1 Å². The van der Waals surface area contributed by atoms with Crippen molar-refractivity contribution in [1.29, 1.82) is 0 Å². The Morgan fingerprint density at radius 1 is 1.23 bits per heavy atom. The second-order valence-corrected chi connectivity index (χ2v) is 12.1. The third-order valence-corrected chi connectivity index (χ3v) is 10.0. The Bertz CT molecular complexity index is 788. The molecule has 3 aliphatic rings. The maximum absolute atomic E-state index is 12.0. The van der Waals surface area contributed by atoms with E-state index in [2.05, 4.69) is 12.0 Å². The molecule has 0 bridgehead atoms. The van der Waals surface area contributed by atoms with E-state index in [4.69, 9.17) is 19.7 Å². The van der Waals surface area contributed by atoms with Crippen molar-refractivity contribution in [2.24, 2.45) is 28.2 Å². The number of aliphatic imine (C=N–C) groups is 1. The number of carboxylic acids is 1. The summed E-state index contributed by atoms with van der Waals surface area (Å²) in [6.45, 7) is 4.24. The van der Waals surface area contributed by atoms with Crippen LogP contribution in [0.1, 0.15) is 71.6 Å². The first kappa shape index (κ1) is 24.9. The van der Waals surface area contributed by atoms with Crippen LogP contribution in [0.4, 0.5) is 0 Å². The fourth-order valence-corrected chi connectivity index (χ4v) is 8.28. The minimum atomic E-state index is -4.21. The molecule has 2 fully saturated rings. The van der Waals surface area contributed by atoms with Gasteiger partial charge in [0, 0.05) is 34.8 Å². The fraction of sp³-hybridized carbons (Fsp3) is 0.900. The van der Waals surface area contributed by atoms with E-state index in [1.54, 1.807) is 0 Å². The number of carbonyl (C=O) groups is 1. The van der Waals surface area contributed by atoms with Crippen LogP contribution in [-0.4, -0.2) is 51.6 Å². The average molecular weight is 480 g/mol. The topological polar surface area (TPSA) is 143 Å². The lowest BCUT2D eigenvalue weighted by Crippen LogP contribution is -2.52. The fourth-order valence-electron chi connectivity index (χ4n) is 6.32. The number of carboxylic acid groups (broad SMARTS) is 1. The summed E-state index contributed by atoms with van der Waals surface area (Å²) in [5.74, 6) is -0.402. The van der Waals surface area contributed by atoms with Crippen molar-refractivity contribution in [3.05, 3.63) is 0 Å². The van der Waals surface area contributed by atoms with Gasteiger partial charge in [0.05, 0.1) is 11.3 Å². The molecule has 7 atom stereocenters. The lowest BCUT2D eigenvalue weighted by molar-refractivity contribution is -0.432. The molecule has 31 heavy (non-hydrogen) atoms. The zero-order valence-electron chi connectivity index (χ0n) is 18.0. The molecule has 1 aliphatic heterocycles. The highest BCUT2D eigenvalue weighted by Gasteiger charge is 2.57. The summed E-state index contributed by atoms with van der Waals surface area (Å²) in [5.41, 5.74) is 0.886. The van der Waals surface area contributed by atoms with E-state index < -0.39 is 21.3 Å². The molecule has 1 heterocycles. The molecule has 3 rings (SSSR count). The van der Waals surface area contributed by atoms with Crippen molar-refractivity contribution in [2.75, 3.05) is 0 Å². The van der Waals surface area contributed by atoms with Crippen molar-refractivity contribution in [3.8, 4) is 0 Å². The van der Waals surface area contributed by atoms with Crippen molar-refractivity contribution in [3.63, 3.8) is 0 Å². The van der Waals surface area contributed by atoms with E-state index in [0.717, 1.165) is 49.9 Å². The molecule has 7 unspecified atom stereocenters. The van der Waals surface area contributed by atoms with Crippen LogP contribution < -0.4 is 0 Å². The van der Waals surface area contributed by atoms with Crippen molar-refractivity contribution < 1.29 is 37.5 Å². The predicted molar refractivity (Wildman–Crippen MR) is 116 cm³/mol. The number of unbranched alkanes of at least 4 members (excludes halogenated alkanes) is 2. The molecule has 11 heteroatoms. The second kappa shape index (κ2) is 10.0. The number of rotatable bonds is 10. The number of hydrogen-bond acceptors (Lipinski definition) is 8. The van der Waals surface area contributed by atoms with E-state index in [1.807, 2.05) is 6.92 Å². The molecule has 0 aromatic carbocycles. The van der Waals surface area contributed by atoms with E-state index >= 15 is 0 Å². The first-order valence-corrected chi connectivity index (χ1v) is 13.2. The second-order valence-electron chi connectivity index (χ2n) is 9.47. The smallest absolute Gasteiger partial charge is 0.303 e. The average Bonchev–Trinajstić information content (AvgIpc) is 2.95. The van der Waals surface area contributed by atoms with E-state index in [0.29, 0.717) is 12.8 Å². The first-order valence-electron chi connectivity index (χ1n) is 10.9. The van der Waals surface area contributed by atoms with E-state index in [-0.39, 0.29) is 47.3 Å². The quantitative estimate of drug-likeness (QED) is 0.139. The highest BCUT2D eigenvalue weighted by Crippen LogP contribution is 2.58. The minimum Gasteiger partial charge on any atom is -0.481 e. The van der Waals surface area contributed by atoms with Gasteiger partial charge in [-0.15, -0.1) is 4.33 Å². The maximum Gasteiger partial charge on any atom is 0.303 e. The summed E-state index contributed by atoms with van der Waals surface area (Å²) in [6, 6.07) is 0.131. The lowest BCUT2D eigenvalue weighted by Gasteiger charge is -2.51. The molecule has 0 amide bonds. The zero-order chi connectivity index (χ0) is 22.8. The largest absolute Gasteiger partial charge is 0.481 e. The van der Waals surface area contributed by atoms with E-state index in [1.165, 1.54) is 0 Å². The summed E-state index contributed by atoms with van der Waals surface area (Å²) in [7, 11) is -4.21. The lowest BCUT2D eigenvalue weighted by atomic mass is 9.55. The van der Waals surface area contributed by atoms with Gasteiger partial charge in [-0.25, -0.2) is 5.26 Å². The molecule has 9 nitrogen and oxygen atoms in total. The van der Waals surface area contributed by atoms with Gasteiger partial charge in [0.2, 0.25) is 0 Å². The Kier molecular flexibility index (Phi) is 8.07. The molecule has 178 valence electrons. The van der Waals surface area contributed by atoms with Gasteiger partial charge >= 0.3 is 5.97 Å². The Morgan fingerprint density at radius 2 is 1.97 bits per heavy atom. The van der Waals surface area contributed by atoms with Gasteiger partial charge in [-0.3, -0.25) is 14.3 Å².